The van der Waals surface area contributed by atoms with Crippen LogP contribution in [0.15, 0.2) is 18.2 Å². The van der Waals surface area contributed by atoms with E-state index < -0.39 is 4.92 Å². The molecule has 27 heavy (non-hydrogen) atoms. The molecule has 0 aromatic heterocycles. The third-order valence-electron chi connectivity index (χ3n) is 6.04. The SMILES string of the molecule is CCCC1CC(=O)NC2CC(NC(=O)c3cccc([N+](=O)[O-])c3C)CCC12. The van der Waals surface area contributed by atoms with Crippen LogP contribution in [0.3, 0.4) is 0 Å². The Bertz CT molecular complexity index is 749. The van der Waals surface area contributed by atoms with Crippen molar-refractivity contribution in [3.63, 3.8) is 0 Å². The van der Waals surface area contributed by atoms with Crippen LogP contribution in [0.25, 0.3) is 0 Å². The monoisotopic (exact) mass is 373 g/mol. The first-order chi connectivity index (χ1) is 12.9. The van der Waals surface area contributed by atoms with Gasteiger partial charge in [0.1, 0.15) is 0 Å². The highest BCUT2D eigenvalue weighted by Crippen LogP contribution is 2.37. The van der Waals surface area contributed by atoms with E-state index in [0.717, 1.165) is 32.1 Å². The molecule has 4 unspecified atom stereocenters. The molecule has 1 aliphatic heterocycles. The van der Waals surface area contributed by atoms with Crippen molar-refractivity contribution in [1.82, 2.24) is 10.6 Å². The molecule has 7 heteroatoms. The van der Waals surface area contributed by atoms with E-state index in [9.17, 15) is 19.7 Å². The first-order valence-corrected chi connectivity index (χ1v) is 9.75. The molecule has 1 aromatic rings. The van der Waals surface area contributed by atoms with E-state index in [0.29, 0.717) is 29.4 Å². The van der Waals surface area contributed by atoms with Gasteiger partial charge in [-0.25, -0.2) is 0 Å². The summed E-state index contributed by atoms with van der Waals surface area (Å²) in [6.07, 6.45) is 5.33. The number of nitro groups is 1. The number of hydrogen-bond donors (Lipinski definition) is 2. The Labute approximate surface area is 159 Å². The lowest BCUT2D eigenvalue weighted by molar-refractivity contribution is -0.385. The van der Waals surface area contributed by atoms with Gasteiger partial charge in [-0.05, 0) is 50.5 Å². The van der Waals surface area contributed by atoms with Crippen LogP contribution in [0.5, 0.6) is 0 Å². The van der Waals surface area contributed by atoms with Crippen LogP contribution in [-0.4, -0.2) is 28.8 Å². The smallest absolute Gasteiger partial charge is 0.273 e. The van der Waals surface area contributed by atoms with Gasteiger partial charge in [0.2, 0.25) is 5.91 Å². The highest BCUT2D eigenvalue weighted by Gasteiger charge is 2.40. The van der Waals surface area contributed by atoms with Crippen LogP contribution in [-0.2, 0) is 4.79 Å². The number of carbonyl (C=O) groups excluding carboxylic acids is 2. The number of rotatable bonds is 5. The molecule has 1 saturated carbocycles. The highest BCUT2D eigenvalue weighted by molar-refractivity contribution is 5.96. The predicted molar refractivity (Wildman–Crippen MR) is 101 cm³/mol. The van der Waals surface area contributed by atoms with Crippen molar-refractivity contribution >= 4 is 17.5 Å². The average Bonchev–Trinajstić information content (AvgIpc) is 2.61. The number of hydrogen-bond acceptors (Lipinski definition) is 4. The first-order valence-electron chi connectivity index (χ1n) is 9.75. The average molecular weight is 373 g/mol. The number of amides is 2. The zero-order chi connectivity index (χ0) is 19.6. The van der Waals surface area contributed by atoms with Gasteiger partial charge in [-0.1, -0.05) is 19.4 Å². The van der Waals surface area contributed by atoms with Gasteiger partial charge in [-0.3, -0.25) is 19.7 Å². The number of fused-ring (bicyclic) bond motifs is 1. The summed E-state index contributed by atoms with van der Waals surface area (Å²) in [5.41, 5.74) is 0.666. The third kappa shape index (κ3) is 4.12. The van der Waals surface area contributed by atoms with Gasteiger partial charge in [0.05, 0.1) is 4.92 Å². The Morgan fingerprint density at radius 2 is 2.15 bits per heavy atom. The molecule has 2 amide bonds. The van der Waals surface area contributed by atoms with Crippen molar-refractivity contribution in [1.29, 1.82) is 0 Å². The number of nitrogens with zero attached hydrogens (tertiary/aromatic N) is 1. The largest absolute Gasteiger partial charge is 0.353 e. The molecule has 4 atom stereocenters. The van der Waals surface area contributed by atoms with E-state index in [1.165, 1.54) is 12.1 Å². The lowest BCUT2D eigenvalue weighted by Gasteiger charge is -2.44. The van der Waals surface area contributed by atoms with Crippen molar-refractivity contribution < 1.29 is 14.5 Å². The molecule has 146 valence electrons. The number of nitro benzene ring substituents is 1. The third-order valence-corrected chi connectivity index (χ3v) is 6.04. The fourth-order valence-corrected chi connectivity index (χ4v) is 4.73. The summed E-state index contributed by atoms with van der Waals surface area (Å²) in [6, 6.07) is 4.63. The number of benzene rings is 1. The van der Waals surface area contributed by atoms with Gasteiger partial charge in [0, 0.05) is 35.7 Å². The minimum Gasteiger partial charge on any atom is -0.353 e. The van der Waals surface area contributed by atoms with Crippen molar-refractivity contribution in [3.8, 4) is 0 Å². The highest BCUT2D eigenvalue weighted by atomic mass is 16.6. The van der Waals surface area contributed by atoms with E-state index in [4.69, 9.17) is 0 Å². The van der Waals surface area contributed by atoms with E-state index in [1.54, 1.807) is 13.0 Å². The maximum Gasteiger partial charge on any atom is 0.273 e. The molecule has 2 fully saturated rings. The predicted octanol–water partition coefficient (Wildman–Crippen LogP) is 3.11. The van der Waals surface area contributed by atoms with Crippen LogP contribution >= 0.6 is 0 Å². The van der Waals surface area contributed by atoms with E-state index >= 15 is 0 Å². The fourth-order valence-electron chi connectivity index (χ4n) is 4.73. The molecule has 2 N–H and O–H groups in total. The fraction of sp³-hybridized carbons (Fsp3) is 0.600. The van der Waals surface area contributed by atoms with Crippen molar-refractivity contribution in [3.05, 3.63) is 39.4 Å². The molecule has 7 nitrogen and oxygen atoms in total. The summed E-state index contributed by atoms with van der Waals surface area (Å²) in [5.74, 6) is 0.739. The van der Waals surface area contributed by atoms with Gasteiger partial charge in [-0.2, -0.15) is 0 Å². The molecule has 0 spiro atoms. The summed E-state index contributed by atoms with van der Waals surface area (Å²) in [6.45, 7) is 3.75. The minimum atomic E-state index is -0.469. The van der Waals surface area contributed by atoms with Gasteiger partial charge >= 0.3 is 0 Å². The number of piperidine rings is 1. The zero-order valence-electron chi connectivity index (χ0n) is 15.9. The van der Waals surface area contributed by atoms with E-state index in [-0.39, 0.29) is 29.6 Å². The van der Waals surface area contributed by atoms with Crippen LogP contribution < -0.4 is 10.6 Å². The Morgan fingerprint density at radius 1 is 1.37 bits per heavy atom. The molecular weight excluding hydrogens is 346 g/mol. The maximum atomic E-state index is 12.7. The topological polar surface area (TPSA) is 101 Å². The molecule has 1 heterocycles. The first kappa shape index (κ1) is 19.3. The minimum absolute atomic E-state index is 0.0295. The normalized spacial score (nSPS) is 27.4. The molecular formula is C20H27N3O4. The molecule has 0 bridgehead atoms. The number of nitrogens with one attached hydrogen (secondary N) is 2. The summed E-state index contributed by atoms with van der Waals surface area (Å²) in [7, 11) is 0. The van der Waals surface area contributed by atoms with Crippen LogP contribution in [0.1, 0.15) is 61.4 Å². The van der Waals surface area contributed by atoms with E-state index in [1.807, 2.05) is 0 Å². The van der Waals surface area contributed by atoms with E-state index in [2.05, 4.69) is 17.6 Å². The quantitative estimate of drug-likeness (QED) is 0.611. The maximum absolute atomic E-state index is 12.7. The van der Waals surface area contributed by atoms with Crippen molar-refractivity contribution in [2.45, 2.75) is 64.5 Å². The summed E-state index contributed by atoms with van der Waals surface area (Å²) >= 11 is 0. The zero-order valence-corrected chi connectivity index (χ0v) is 15.9. The Kier molecular flexibility index (Phi) is 5.77. The van der Waals surface area contributed by atoms with Gasteiger partial charge in [0.15, 0.2) is 0 Å². The lowest BCUT2D eigenvalue weighted by Crippen LogP contribution is -2.55. The second kappa shape index (κ2) is 8.06. The van der Waals surface area contributed by atoms with Crippen molar-refractivity contribution in [2.75, 3.05) is 0 Å². The second-order valence-corrected chi connectivity index (χ2v) is 7.78. The summed E-state index contributed by atoms with van der Waals surface area (Å²) in [5, 5.41) is 17.2. The van der Waals surface area contributed by atoms with Crippen LogP contribution in [0.2, 0.25) is 0 Å². The standard InChI is InChI=1S/C20H27N3O4/c1-3-5-13-10-19(24)22-17-11-14(8-9-16(13)17)21-20(25)15-6-4-7-18(12(15)2)23(26)27/h4,6-7,13-14,16-17H,3,5,8-11H2,1-2H3,(H,21,25)(H,22,24). The molecule has 1 aliphatic carbocycles. The molecule has 1 saturated heterocycles. The molecule has 1 aromatic carbocycles. The summed E-state index contributed by atoms with van der Waals surface area (Å²) in [4.78, 5) is 35.3. The number of carbonyl (C=O) groups is 2. The molecule has 0 radical (unpaired) electrons. The van der Waals surface area contributed by atoms with Crippen molar-refractivity contribution in [2.24, 2.45) is 11.8 Å². The van der Waals surface area contributed by atoms with Crippen LogP contribution in [0.4, 0.5) is 5.69 Å². The Balaban J connectivity index is 1.68. The van der Waals surface area contributed by atoms with Gasteiger partial charge in [-0.15, -0.1) is 0 Å². The van der Waals surface area contributed by atoms with Gasteiger partial charge < -0.3 is 10.6 Å². The summed E-state index contributed by atoms with van der Waals surface area (Å²) < 4.78 is 0. The second-order valence-electron chi connectivity index (χ2n) is 7.78. The molecule has 2 aliphatic rings. The van der Waals surface area contributed by atoms with Gasteiger partial charge in [0.25, 0.3) is 11.6 Å². The Morgan fingerprint density at radius 3 is 2.85 bits per heavy atom. The van der Waals surface area contributed by atoms with Crippen LogP contribution in [0, 0.1) is 28.9 Å². The molecule has 3 rings (SSSR count). The lowest BCUT2D eigenvalue weighted by atomic mass is 9.70. The Hall–Kier alpha value is -2.44.